The van der Waals surface area contributed by atoms with Gasteiger partial charge in [-0.25, -0.2) is 0 Å². The van der Waals surface area contributed by atoms with Gasteiger partial charge in [-0.1, -0.05) is 89.4 Å². The molecule has 33 heavy (non-hydrogen) atoms. The number of likely N-dealkylation sites (N-methyl/N-ethyl adjacent to an activating group) is 1. The number of halogens is 2. The minimum absolute atomic E-state index is 0.0915. The average Bonchev–Trinajstić information content (AvgIpc) is 2.83. The maximum atomic E-state index is 13.5. The van der Waals surface area contributed by atoms with E-state index >= 15 is 0 Å². The van der Waals surface area contributed by atoms with Crippen molar-refractivity contribution in [3.05, 3.63) is 105 Å². The van der Waals surface area contributed by atoms with Crippen LogP contribution < -0.4 is 5.32 Å². The maximum Gasteiger partial charge on any atom is 0.242 e. The Morgan fingerprint density at radius 1 is 0.879 bits per heavy atom. The predicted octanol–water partition coefficient (Wildman–Crippen LogP) is 5.62. The molecule has 0 bridgehead atoms. The van der Waals surface area contributed by atoms with Crippen LogP contribution in [0.3, 0.4) is 0 Å². The van der Waals surface area contributed by atoms with Gasteiger partial charge in [-0.2, -0.15) is 0 Å². The Kier molecular flexibility index (Phi) is 8.93. The van der Waals surface area contributed by atoms with Crippen LogP contribution in [0.2, 0.25) is 10.0 Å². The van der Waals surface area contributed by atoms with E-state index in [1.807, 2.05) is 67.6 Å². The minimum Gasteiger partial charge on any atom is -0.357 e. The van der Waals surface area contributed by atoms with Crippen LogP contribution in [-0.4, -0.2) is 29.8 Å². The molecule has 4 nitrogen and oxygen atoms in total. The zero-order chi connectivity index (χ0) is 23.8. The first-order valence-electron chi connectivity index (χ1n) is 10.9. The number of nitrogens with zero attached hydrogens (tertiary/aromatic N) is 1. The number of nitrogens with one attached hydrogen (secondary N) is 1. The fourth-order valence-electron chi connectivity index (χ4n) is 3.70. The van der Waals surface area contributed by atoms with Crippen molar-refractivity contribution in [2.45, 2.75) is 38.8 Å². The fraction of sp³-hybridized carbons (Fsp3) is 0.259. The molecule has 0 saturated carbocycles. The first kappa shape index (κ1) is 24.8. The van der Waals surface area contributed by atoms with Gasteiger partial charge in [0.2, 0.25) is 11.8 Å². The molecule has 172 valence electrons. The van der Waals surface area contributed by atoms with Crippen LogP contribution in [0.4, 0.5) is 0 Å². The molecule has 0 spiro atoms. The molecule has 0 saturated heterocycles. The fourth-order valence-corrected chi connectivity index (χ4v) is 4.03. The lowest BCUT2D eigenvalue weighted by Crippen LogP contribution is -2.49. The zero-order valence-corrected chi connectivity index (χ0v) is 20.4. The smallest absolute Gasteiger partial charge is 0.242 e. The Balaban J connectivity index is 1.88. The summed E-state index contributed by atoms with van der Waals surface area (Å²) in [6.07, 6.45) is 1.31. The SMILES string of the molecule is CNC(=O)[C@@H](Cc1ccccc1)N(Cc1ccc(Cl)c(Cl)c1)C(=O)CCc1ccc(C)cc1. The maximum absolute atomic E-state index is 13.5. The summed E-state index contributed by atoms with van der Waals surface area (Å²) in [5, 5.41) is 3.59. The number of amides is 2. The van der Waals surface area contributed by atoms with E-state index in [4.69, 9.17) is 23.2 Å². The van der Waals surface area contributed by atoms with Crippen LogP contribution in [0, 0.1) is 6.92 Å². The third-order valence-corrected chi connectivity index (χ3v) is 6.34. The largest absolute Gasteiger partial charge is 0.357 e. The number of hydrogen-bond acceptors (Lipinski definition) is 2. The number of rotatable bonds is 9. The standard InChI is InChI=1S/C27H28Cl2N2O2/c1-19-8-10-20(11-9-19)13-15-26(32)31(18-22-12-14-23(28)24(29)16-22)25(27(33)30-2)17-21-6-4-3-5-7-21/h3-12,14,16,25H,13,15,17-18H2,1-2H3,(H,30,33)/t25-/m1/s1. The summed E-state index contributed by atoms with van der Waals surface area (Å²) in [5.41, 5.74) is 4.06. The summed E-state index contributed by atoms with van der Waals surface area (Å²) in [6.45, 7) is 2.29. The number of carbonyl (C=O) groups is 2. The van der Waals surface area contributed by atoms with Gasteiger partial charge < -0.3 is 10.2 Å². The van der Waals surface area contributed by atoms with Crippen molar-refractivity contribution in [1.29, 1.82) is 0 Å². The summed E-state index contributed by atoms with van der Waals surface area (Å²) in [6, 6.07) is 22.5. The van der Waals surface area contributed by atoms with Crippen molar-refractivity contribution in [1.82, 2.24) is 10.2 Å². The lowest BCUT2D eigenvalue weighted by molar-refractivity contribution is -0.141. The van der Waals surface area contributed by atoms with Gasteiger partial charge in [0.05, 0.1) is 10.0 Å². The van der Waals surface area contributed by atoms with Crippen molar-refractivity contribution in [3.63, 3.8) is 0 Å². The van der Waals surface area contributed by atoms with Gasteiger partial charge in [0.15, 0.2) is 0 Å². The second-order valence-corrected chi connectivity index (χ2v) is 8.89. The molecule has 0 aliphatic rings. The van der Waals surface area contributed by atoms with Gasteiger partial charge in [-0.3, -0.25) is 9.59 Å². The number of benzene rings is 3. The lowest BCUT2D eigenvalue weighted by atomic mass is 10.0. The summed E-state index contributed by atoms with van der Waals surface area (Å²) in [7, 11) is 1.59. The molecule has 0 unspecified atom stereocenters. The molecule has 3 aromatic rings. The first-order valence-corrected chi connectivity index (χ1v) is 11.7. The topological polar surface area (TPSA) is 49.4 Å². The molecule has 0 fully saturated rings. The van der Waals surface area contributed by atoms with Crippen LogP contribution >= 0.6 is 23.2 Å². The van der Waals surface area contributed by atoms with E-state index < -0.39 is 6.04 Å². The highest BCUT2D eigenvalue weighted by Crippen LogP contribution is 2.24. The molecule has 0 radical (unpaired) electrons. The van der Waals surface area contributed by atoms with Crippen LogP contribution in [0.5, 0.6) is 0 Å². The van der Waals surface area contributed by atoms with Gasteiger partial charge in [0.1, 0.15) is 6.04 Å². The van der Waals surface area contributed by atoms with Crippen molar-refractivity contribution in [2.75, 3.05) is 7.05 Å². The van der Waals surface area contributed by atoms with Gasteiger partial charge in [0, 0.05) is 26.4 Å². The van der Waals surface area contributed by atoms with E-state index in [1.54, 1.807) is 24.1 Å². The molecule has 1 atom stereocenters. The second-order valence-electron chi connectivity index (χ2n) is 8.08. The van der Waals surface area contributed by atoms with Gasteiger partial charge in [-0.15, -0.1) is 0 Å². The van der Waals surface area contributed by atoms with Crippen LogP contribution in [0.25, 0.3) is 0 Å². The van der Waals surface area contributed by atoms with Crippen molar-refractivity contribution in [2.24, 2.45) is 0 Å². The Morgan fingerprint density at radius 3 is 2.18 bits per heavy atom. The van der Waals surface area contributed by atoms with Crippen LogP contribution in [0.15, 0.2) is 72.8 Å². The molecule has 0 aliphatic heterocycles. The van der Waals surface area contributed by atoms with E-state index in [2.05, 4.69) is 5.32 Å². The second kappa shape index (κ2) is 11.9. The van der Waals surface area contributed by atoms with Gasteiger partial charge in [0.25, 0.3) is 0 Å². The van der Waals surface area contributed by atoms with Crippen molar-refractivity contribution >= 4 is 35.0 Å². The van der Waals surface area contributed by atoms with E-state index in [9.17, 15) is 9.59 Å². The normalized spacial score (nSPS) is 11.6. The van der Waals surface area contributed by atoms with E-state index in [0.29, 0.717) is 29.3 Å². The van der Waals surface area contributed by atoms with E-state index in [0.717, 1.165) is 16.7 Å². The Hall–Kier alpha value is -2.82. The van der Waals surface area contributed by atoms with Crippen molar-refractivity contribution in [3.8, 4) is 0 Å². The highest BCUT2D eigenvalue weighted by molar-refractivity contribution is 6.42. The Morgan fingerprint density at radius 2 is 1.55 bits per heavy atom. The lowest BCUT2D eigenvalue weighted by Gasteiger charge is -2.31. The van der Waals surface area contributed by atoms with E-state index in [1.165, 1.54) is 5.56 Å². The highest BCUT2D eigenvalue weighted by atomic mass is 35.5. The number of carbonyl (C=O) groups excluding carboxylic acids is 2. The third kappa shape index (κ3) is 7.08. The third-order valence-electron chi connectivity index (χ3n) is 5.60. The average molecular weight is 483 g/mol. The van der Waals surface area contributed by atoms with Crippen molar-refractivity contribution < 1.29 is 9.59 Å². The zero-order valence-electron chi connectivity index (χ0n) is 18.9. The summed E-state index contributed by atoms with van der Waals surface area (Å²) in [5.74, 6) is -0.297. The monoisotopic (exact) mass is 482 g/mol. The van der Waals surface area contributed by atoms with Gasteiger partial charge in [-0.05, 0) is 42.2 Å². The summed E-state index contributed by atoms with van der Waals surface area (Å²) in [4.78, 5) is 28.1. The first-order chi connectivity index (χ1) is 15.9. The molecule has 0 aliphatic carbocycles. The molecule has 3 rings (SSSR count). The molecule has 1 N–H and O–H groups in total. The molecular formula is C27H28Cl2N2O2. The molecule has 2 amide bonds. The minimum atomic E-state index is -0.655. The quantitative estimate of drug-likeness (QED) is 0.430. The van der Waals surface area contributed by atoms with Gasteiger partial charge >= 0.3 is 0 Å². The summed E-state index contributed by atoms with van der Waals surface area (Å²) < 4.78 is 0. The predicted molar refractivity (Wildman–Crippen MR) is 135 cm³/mol. The van der Waals surface area contributed by atoms with E-state index in [-0.39, 0.29) is 18.4 Å². The molecule has 0 heterocycles. The molecule has 6 heteroatoms. The highest BCUT2D eigenvalue weighted by Gasteiger charge is 2.29. The Bertz CT molecular complexity index is 1090. The molecule has 0 aromatic heterocycles. The van der Waals surface area contributed by atoms with Crippen LogP contribution in [0.1, 0.15) is 28.7 Å². The Labute approximate surface area is 205 Å². The van der Waals surface area contributed by atoms with Crippen LogP contribution in [-0.2, 0) is 29.0 Å². The molecule has 3 aromatic carbocycles. The number of aryl methyl sites for hydroxylation is 2. The summed E-state index contributed by atoms with van der Waals surface area (Å²) >= 11 is 12.3. The molecular weight excluding hydrogens is 455 g/mol. The number of hydrogen-bond donors (Lipinski definition) is 1.